The molecule has 0 aliphatic rings. The van der Waals surface area contributed by atoms with E-state index < -0.39 is 10.0 Å². The van der Waals surface area contributed by atoms with Crippen LogP contribution in [0, 0.1) is 5.92 Å². The van der Waals surface area contributed by atoms with Crippen molar-refractivity contribution in [3.05, 3.63) is 6.33 Å². The number of imidazole rings is 1. The number of hydrogen-bond donors (Lipinski definition) is 3. The molecule has 0 amide bonds. The van der Waals surface area contributed by atoms with Gasteiger partial charge < -0.3 is 15.4 Å². The van der Waals surface area contributed by atoms with Crippen molar-refractivity contribution >= 4 is 15.8 Å². The van der Waals surface area contributed by atoms with Crippen LogP contribution < -0.4 is 10.5 Å². The second-order valence-electron chi connectivity index (χ2n) is 4.18. The van der Waals surface area contributed by atoms with E-state index in [2.05, 4.69) is 9.71 Å². The summed E-state index contributed by atoms with van der Waals surface area (Å²) in [6, 6.07) is 0. The lowest BCUT2D eigenvalue weighted by molar-refractivity contribution is 0.254. The molecule has 0 fully saturated rings. The maximum Gasteiger partial charge on any atom is 0.260 e. The quantitative estimate of drug-likeness (QED) is 0.632. The molecule has 0 saturated carbocycles. The van der Waals surface area contributed by atoms with Gasteiger partial charge in [0.2, 0.25) is 0 Å². The van der Waals surface area contributed by atoms with E-state index in [0.29, 0.717) is 6.42 Å². The van der Waals surface area contributed by atoms with Crippen molar-refractivity contribution in [1.82, 2.24) is 14.3 Å². The van der Waals surface area contributed by atoms with Crippen molar-refractivity contribution in [2.75, 3.05) is 18.9 Å². The van der Waals surface area contributed by atoms with E-state index in [4.69, 9.17) is 10.8 Å². The highest BCUT2D eigenvalue weighted by molar-refractivity contribution is 7.89. The zero-order valence-electron chi connectivity index (χ0n) is 10.6. The number of aromatic nitrogens is 2. The van der Waals surface area contributed by atoms with Gasteiger partial charge in [0.05, 0.1) is 6.33 Å². The molecule has 4 N–H and O–H groups in total. The van der Waals surface area contributed by atoms with Gasteiger partial charge in [0, 0.05) is 20.2 Å². The summed E-state index contributed by atoms with van der Waals surface area (Å²) in [7, 11) is -2.09. The smallest absolute Gasteiger partial charge is 0.260 e. The Kier molecular flexibility index (Phi) is 5.12. The first kappa shape index (κ1) is 14.9. The lowest BCUT2D eigenvalue weighted by Gasteiger charge is -2.14. The first-order chi connectivity index (χ1) is 8.42. The molecular weight excluding hydrogens is 256 g/mol. The summed E-state index contributed by atoms with van der Waals surface area (Å²) >= 11 is 0. The minimum atomic E-state index is -3.66. The summed E-state index contributed by atoms with van der Waals surface area (Å²) in [6.45, 7) is 2.28. The largest absolute Gasteiger partial charge is 0.396 e. The van der Waals surface area contributed by atoms with E-state index in [-0.39, 0.29) is 29.9 Å². The predicted octanol–water partition coefficient (Wildman–Crippen LogP) is -0.311. The Balaban J connectivity index is 2.77. The number of hydrogen-bond acceptors (Lipinski definition) is 5. The number of nitrogens with zero attached hydrogens (tertiary/aromatic N) is 2. The molecule has 1 heterocycles. The van der Waals surface area contributed by atoms with Crippen LogP contribution in [0.25, 0.3) is 0 Å². The summed E-state index contributed by atoms with van der Waals surface area (Å²) in [5.74, 6) is 0.0967. The minimum absolute atomic E-state index is 0.0137. The van der Waals surface area contributed by atoms with Crippen molar-refractivity contribution in [3.8, 4) is 0 Å². The van der Waals surface area contributed by atoms with Crippen LogP contribution in [-0.2, 0) is 17.1 Å². The number of rotatable bonds is 7. The molecular formula is C10H20N4O3S. The molecule has 104 valence electrons. The first-order valence-corrected chi connectivity index (χ1v) is 7.28. The molecule has 0 radical (unpaired) electrons. The van der Waals surface area contributed by atoms with Gasteiger partial charge in [-0.2, -0.15) is 0 Å². The van der Waals surface area contributed by atoms with Crippen LogP contribution in [0.4, 0.5) is 5.82 Å². The topological polar surface area (TPSA) is 110 Å². The van der Waals surface area contributed by atoms with Gasteiger partial charge >= 0.3 is 0 Å². The molecule has 1 aromatic heterocycles. The third-order valence-electron chi connectivity index (χ3n) is 2.84. The summed E-state index contributed by atoms with van der Waals surface area (Å²) < 4.78 is 28.0. The number of anilines is 1. The Morgan fingerprint density at radius 2 is 2.28 bits per heavy atom. The fraction of sp³-hybridized carbons (Fsp3) is 0.700. The number of aryl methyl sites for hydroxylation is 1. The first-order valence-electron chi connectivity index (χ1n) is 5.79. The highest BCUT2D eigenvalue weighted by Crippen LogP contribution is 2.16. The fourth-order valence-corrected chi connectivity index (χ4v) is 3.04. The molecule has 1 atom stereocenters. The summed E-state index contributed by atoms with van der Waals surface area (Å²) in [5, 5.41) is 8.83. The monoisotopic (exact) mass is 276 g/mol. The highest BCUT2D eigenvalue weighted by atomic mass is 32.2. The van der Waals surface area contributed by atoms with Gasteiger partial charge in [0.15, 0.2) is 10.8 Å². The SMILES string of the molecule is CCC(CCO)CNS(=O)(=O)c1c(N)ncn1C. The van der Waals surface area contributed by atoms with Gasteiger partial charge in [-0.3, -0.25) is 0 Å². The zero-order valence-corrected chi connectivity index (χ0v) is 11.4. The molecule has 7 nitrogen and oxygen atoms in total. The maximum absolute atomic E-state index is 12.0. The van der Waals surface area contributed by atoms with Crippen LogP contribution in [0.2, 0.25) is 0 Å². The third-order valence-corrected chi connectivity index (χ3v) is 4.39. The Hall–Kier alpha value is -1.12. The number of nitrogen functional groups attached to an aromatic ring is 1. The summed E-state index contributed by atoms with van der Waals surface area (Å²) in [6.07, 6.45) is 2.72. The van der Waals surface area contributed by atoms with E-state index in [0.717, 1.165) is 6.42 Å². The number of nitrogens with one attached hydrogen (secondary N) is 1. The van der Waals surface area contributed by atoms with Crippen LogP contribution in [-0.4, -0.2) is 36.2 Å². The summed E-state index contributed by atoms with van der Waals surface area (Å²) in [4.78, 5) is 3.75. The Labute approximate surface area is 107 Å². The second kappa shape index (κ2) is 6.17. The number of sulfonamides is 1. The van der Waals surface area contributed by atoms with Crippen molar-refractivity contribution in [2.24, 2.45) is 13.0 Å². The molecule has 0 spiro atoms. The van der Waals surface area contributed by atoms with Gasteiger partial charge in [-0.1, -0.05) is 13.3 Å². The average molecular weight is 276 g/mol. The second-order valence-corrected chi connectivity index (χ2v) is 5.87. The lowest BCUT2D eigenvalue weighted by Crippen LogP contribution is -2.31. The summed E-state index contributed by atoms with van der Waals surface area (Å²) in [5.41, 5.74) is 5.53. The van der Waals surface area contributed by atoms with E-state index >= 15 is 0 Å². The number of aliphatic hydroxyl groups is 1. The molecule has 0 saturated heterocycles. The van der Waals surface area contributed by atoms with Crippen LogP contribution >= 0.6 is 0 Å². The normalized spacial score (nSPS) is 13.7. The molecule has 8 heteroatoms. The molecule has 1 aromatic rings. The van der Waals surface area contributed by atoms with E-state index in [9.17, 15) is 8.42 Å². The maximum atomic E-state index is 12.0. The fourth-order valence-electron chi connectivity index (χ4n) is 1.69. The van der Waals surface area contributed by atoms with Crippen molar-refractivity contribution in [3.63, 3.8) is 0 Å². The van der Waals surface area contributed by atoms with E-state index in [1.807, 2.05) is 6.92 Å². The van der Waals surface area contributed by atoms with Gasteiger partial charge in [-0.05, 0) is 12.3 Å². The zero-order chi connectivity index (χ0) is 13.8. The molecule has 0 aliphatic heterocycles. The van der Waals surface area contributed by atoms with Gasteiger partial charge in [0.1, 0.15) is 0 Å². The van der Waals surface area contributed by atoms with Crippen molar-refractivity contribution < 1.29 is 13.5 Å². The highest BCUT2D eigenvalue weighted by Gasteiger charge is 2.22. The van der Waals surface area contributed by atoms with Crippen LogP contribution in [0.15, 0.2) is 11.4 Å². The van der Waals surface area contributed by atoms with Crippen LogP contribution in [0.3, 0.4) is 0 Å². The molecule has 1 unspecified atom stereocenters. The molecule has 1 rings (SSSR count). The Bertz CT molecular complexity index is 464. The van der Waals surface area contributed by atoms with Gasteiger partial charge in [-0.25, -0.2) is 18.1 Å². The standard InChI is InChI=1S/C10H20N4O3S/c1-3-8(4-5-15)6-13-18(16,17)10-9(11)12-7-14(10)2/h7-8,13,15H,3-6,11H2,1-2H3. The lowest BCUT2D eigenvalue weighted by atomic mass is 10.0. The van der Waals surface area contributed by atoms with Crippen molar-refractivity contribution in [1.29, 1.82) is 0 Å². The van der Waals surface area contributed by atoms with E-state index in [1.54, 1.807) is 7.05 Å². The van der Waals surface area contributed by atoms with Crippen molar-refractivity contribution in [2.45, 2.75) is 24.8 Å². The third kappa shape index (κ3) is 3.44. The molecule has 0 aliphatic carbocycles. The van der Waals surface area contributed by atoms with Gasteiger partial charge in [-0.15, -0.1) is 0 Å². The molecule has 18 heavy (non-hydrogen) atoms. The Morgan fingerprint density at radius 3 is 2.72 bits per heavy atom. The van der Waals surface area contributed by atoms with Crippen LogP contribution in [0.1, 0.15) is 19.8 Å². The predicted molar refractivity (Wildman–Crippen MR) is 68.3 cm³/mol. The van der Waals surface area contributed by atoms with E-state index in [1.165, 1.54) is 10.9 Å². The molecule has 0 aromatic carbocycles. The Morgan fingerprint density at radius 1 is 1.61 bits per heavy atom. The minimum Gasteiger partial charge on any atom is -0.396 e. The number of nitrogens with two attached hydrogens (primary N) is 1. The van der Waals surface area contributed by atoms with Crippen LogP contribution in [0.5, 0.6) is 0 Å². The number of aliphatic hydroxyl groups excluding tert-OH is 1. The van der Waals surface area contributed by atoms with Gasteiger partial charge in [0.25, 0.3) is 10.0 Å². The average Bonchev–Trinajstić information content (AvgIpc) is 2.65. The molecule has 0 bridgehead atoms.